The van der Waals surface area contributed by atoms with Crippen molar-refractivity contribution in [1.82, 2.24) is 0 Å². The van der Waals surface area contributed by atoms with Crippen LogP contribution in [0.15, 0.2) is 0 Å². The van der Waals surface area contributed by atoms with Gasteiger partial charge in [-0.2, -0.15) is 30.7 Å². The van der Waals surface area contributed by atoms with E-state index >= 15 is 0 Å². The SMILES string of the molecule is CC[C@H](F)CC(F)(F)C(F)(F)C(F)(F)F. The highest BCUT2D eigenvalue weighted by Crippen LogP contribution is 2.48. The number of hydrogen-bond donors (Lipinski definition) is 0. The molecule has 1 atom stereocenters. The van der Waals surface area contributed by atoms with E-state index in [4.69, 9.17) is 0 Å². The maximum Gasteiger partial charge on any atom is 0.459 e. The highest BCUT2D eigenvalue weighted by molar-refractivity contribution is 4.92. The van der Waals surface area contributed by atoms with E-state index in [1.165, 1.54) is 0 Å². The van der Waals surface area contributed by atoms with E-state index in [0.717, 1.165) is 6.92 Å². The van der Waals surface area contributed by atoms with Gasteiger partial charge in [-0.25, -0.2) is 4.39 Å². The Kier molecular flexibility index (Phi) is 3.98. The largest absolute Gasteiger partial charge is 0.459 e. The number of halogens is 8. The van der Waals surface area contributed by atoms with E-state index in [2.05, 4.69) is 0 Å². The van der Waals surface area contributed by atoms with Crippen molar-refractivity contribution in [1.29, 1.82) is 0 Å². The molecular weight excluding hydrogens is 236 g/mol. The van der Waals surface area contributed by atoms with Crippen LogP contribution in [0.4, 0.5) is 35.1 Å². The first-order valence-electron chi connectivity index (χ1n) is 3.92. The molecule has 8 heteroatoms. The van der Waals surface area contributed by atoms with Crippen molar-refractivity contribution in [3.05, 3.63) is 0 Å². The molecule has 0 saturated carbocycles. The van der Waals surface area contributed by atoms with E-state index in [1.807, 2.05) is 0 Å². The normalized spacial score (nSPS) is 16.6. The van der Waals surface area contributed by atoms with Crippen LogP contribution in [0.1, 0.15) is 19.8 Å². The number of hydrogen-bond acceptors (Lipinski definition) is 0. The molecule has 0 fully saturated rings. The monoisotopic (exact) mass is 244 g/mol. The summed E-state index contributed by atoms with van der Waals surface area (Å²) in [6.45, 7) is 1.06. The average molecular weight is 244 g/mol. The van der Waals surface area contributed by atoms with Crippen LogP contribution in [0.5, 0.6) is 0 Å². The summed E-state index contributed by atoms with van der Waals surface area (Å²) >= 11 is 0. The van der Waals surface area contributed by atoms with Crippen LogP contribution in [0, 0.1) is 0 Å². The molecule has 0 heterocycles. The molecule has 0 rings (SSSR count). The van der Waals surface area contributed by atoms with Gasteiger partial charge in [0.25, 0.3) is 0 Å². The molecule has 0 bridgehead atoms. The van der Waals surface area contributed by atoms with Crippen LogP contribution in [-0.4, -0.2) is 24.2 Å². The van der Waals surface area contributed by atoms with Crippen LogP contribution in [0.2, 0.25) is 0 Å². The molecule has 0 N–H and O–H groups in total. The Balaban J connectivity index is 4.85. The van der Waals surface area contributed by atoms with Crippen molar-refractivity contribution in [2.75, 3.05) is 0 Å². The Morgan fingerprint density at radius 3 is 1.60 bits per heavy atom. The zero-order chi connectivity index (χ0) is 12.5. The topological polar surface area (TPSA) is 0 Å². The van der Waals surface area contributed by atoms with E-state index in [0.29, 0.717) is 0 Å². The lowest BCUT2D eigenvalue weighted by molar-refractivity contribution is -0.357. The number of rotatable bonds is 4. The van der Waals surface area contributed by atoms with Crippen LogP contribution in [-0.2, 0) is 0 Å². The molecule has 0 aliphatic rings. The molecule has 0 nitrogen and oxygen atoms in total. The first kappa shape index (κ1) is 14.4. The van der Waals surface area contributed by atoms with Gasteiger partial charge < -0.3 is 0 Å². The van der Waals surface area contributed by atoms with E-state index in [1.54, 1.807) is 0 Å². The van der Waals surface area contributed by atoms with Crippen LogP contribution < -0.4 is 0 Å². The second-order valence-electron chi connectivity index (χ2n) is 2.99. The van der Waals surface area contributed by atoms with Gasteiger partial charge in [-0.3, -0.25) is 0 Å². The van der Waals surface area contributed by atoms with Crippen molar-refractivity contribution < 1.29 is 35.1 Å². The molecular formula is C7H8F8. The zero-order valence-corrected chi connectivity index (χ0v) is 7.52. The Hall–Kier alpha value is -0.560. The van der Waals surface area contributed by atoms with Gasteiger partial charge in [0.1, 0.15) is 6.17 Å². The van der Waals surface area contributed by atoms with Crippen LogP contribution in [0.3, 0.4) is 0 Å². The highest BCUT2D eigenvalue weighted by Gasteiger charge is 2.72. The van der Waals surface area contributed by atoms with Gasteiger partial charge in [0.2, 0.25) is 0 Å². The molecule has 0 aromatic rings. The summed E-state index contributed by atoms with van der Waals surface area (Å²) < 4.78 is 96.1. The molecule has 0 saturated heterocycles. The van der Waals surface area contributed by atoms with Crippen LogP contribution >= 0.6 is 0 Å². The summed E-state index contributed by atoms with van der Waals surface area (Å²) in [6, 6.07) is 0. The third-order valence-electron chi connectivity index (χ3n) is 1.74. The Morgan fingerprint density at radius 1 is 0.933 bits per heavy atom. The molecule has 0 aromatic carbocycles. The fourth-order valence-electron chi connectivity index (χ4n) is 0.758. The molecule has 0 unspecified atom stereocenters. The Labute approximate surface area is 80.3 Å². The van der Waals surface area contributed by atoms with E-state index < -0.39 is 37.0 Å². The van der Waals surface area contributed by atoms with Gasteiger partial charge in [-0.15, -0.1) is 0 Å². The first-order chi connectivity index (χ1) is 6.45. The quantitative estimate of drug-likeness (QED) is 0.656. The second kappa shape index (κ2) is 4.13. The summed E-state index contributed by atoms with van der Waals surface area (Å²) in [4.78, 5) is 0. The van der Waals surface area contributed by atoms with Gasteiger partial charge >= 0.3 is 18.0 Å². The molecule has 0 aliphatic heterocycles. The predicted molar refractivity (Wildman–Crippen MR) is 35.8 cm³/mol. The standard InChI is InChI=1S/C7H8F8/c1-2-4(8)3-5(9,10)6(11,12)7(13,14)15/h4H,2-3H2,1H3/t4-/m0/s1. The second-order valence-corrected chi connectivity index (χ2v) is 2.99. The van der Waals surface area contributed by atoms with Crippen molar-refractivity contribution in [2.24, 2.45) is 0 Å². The minimum Gasteiger partial charge on any atom is -0.247 e. The lowest BCUT2D eigenvalue weighted by atomic mass is 10.0. The highest BCUT2D eigenvalue weighted by atomic mass is 19.4. The third-order valence-corrected chi connectivity index (χ3v) is 1.74. The van der Waals surface area contributed by atoms with Crippen LogP contribution in [0.25, 0.3) is 0 Å². The van der Waals surface area contributed by atoms with Crippen molar-refractivity contribution in [3.63, 3.8) is 0 Å². The molecule has 0 aromatic heterocycles. The molecule has 0 amide bonds. The van der Waals surface area contributed by atoms with Crippen molar-refractivity contribution in [2.45, 2.75) is 44.0 Å². The maximum atomic E-state index is 12.4. The maximum absolute atomic E-state index is 12.4. The summed E-state index contributed by atoms with van der Waals surface area (Å²) in [5, 5.41) is 0. The molecule has 92 valence electrons. The summed E-state index contributed by atoms with van der Waals surface area (Å²) in [5.74, 6) is -11.6. The fourth-order valence-corrected chi connectivity index (χ4v) is 0.758. The lowest BCUT2D eigenvalue weighted by Crippen LogP contribution is -2.52. The minimum absolute atomic E-state index is 0.552. The summed E-state index contributed by atoms with van der Waals surface area (Å²) in [5.41, 5.74) is 0. The Bertz CT molecular complexity index is 206. The summed E-state index contributed by atoms with van der Waals surface area (Å²) in [7, 11) is 0. The average Bonchev–Trinajstić information content (AvgIpc) is 2.00. The molecule has 0 radical (unpaired) electrons. The fraction of sp³-hybridized carbons (Fsp3) is 1.00. The van der Waals surface area contributed by atoms with Gasteiger partial charge in [0.15, 0.2) is 0 Å². The predicted octanol–water partition coefficient (Wildman–Crippen LogP) is 3.96. The summed E-state index contributed by atoms with van der Waals surface area (Å²) in [6.07, 6.45) is -11.5. The van der Waals surface area contributed by atoms with E-state index in [-0.39, 0.29) is 0 Å². The minimum atomic E-state index is -6.38. The lowest BCUT2D eigenvalue weighted by Gasteiger charge is -2.28. The van der Waals surface area contributed by atoms with Gasteiger partial charge in [0.05, 0.1) is 0 Å². The Morgan fingerprint density at radius 2 is 1.33 bits per heavy atom. The van der Waals surface area contributed by atoms with Gasteiger partial charge in [0, 0.05) is 6.42 Å². The smallest absolute Gasteiger partial charge is 0.247 e. The van der Waals surface area contributed by atoms with Crippen molar-refractivity contribution >= 4 is 0 Å². The number of alkyl halides is 8. The van der Waals surface area contributed by atoms with E-state index in [9.17, 15) is 35.1 Å². The van der Waals surface area contributed by atoms with Gasteiger partial charge in [-0.05, 0) is 6.42 Å². The van der Waals surface area contributed by atoms with Crippen molar-refractivity contribution in [3.8, 4) is 0 Å². The first-order valence-corrected chi connectivity index (χ1v) is 3.92. The molecule has 15 heavy (non-hydrogen) atoms. The molecule has 0 spiro atoms. The van der Waals surface area contributed by atoms with Gasteiger partial charge in [-0.1, -0.05) is 6.92 Å². The molecule has 0 aliphatic carbocycles. The third kappa shape index (κ3) is 2.94. The zero-order valence-electron chi connectivity index (χ0n) is 7.52.